The number of hydrogen-bond donors (Lipinski definition) is 1. The topological polar surface area (TPSA) is 24.9 Å². The third-order valence-electron chi connectivity index (χ3n) is 3.39. The second kappa shape index (κ2) is 5.07. The standard InChI is InChI=1S/C14H24N2S/c1-10(11-5-6-11)7-15-8-12-9-16-13(17-12)14(2,3)4/h9-11,15H,5-8H2,1-4H3. The minimum absolute atomic E-state index is 0.185. The van der Waals surface area contributed by atoms with Crippen molar-refractivity contribution in [3.8, 4) is 0 Å². The lowest BCUT2D eigenvalue weighted by Gasteiger charge is -2.13. The van der Waals surface area contributed by atoms with Gasteiger partial charge in [-0.15, -0.1) is 11.3 Å². The zero-order valence-electron chi connectivity index (χ0n) is 11.4. The zero-order valence-corrected chi connectivity index (χ0v) is 12.2. The van der Waals surface area contributed by atoms with Gasteiger partial charge in [-0.05, 0) is 31.2 Å². The van der Waals surface area contributed by atoms with E-state index in [9.17, 15) is 0 Å². The van der Waals surface area contributed by atoms with Crippen LogP contribution in [0.2, 0.25) is 0 Å². The van der Waals surface area contributed by atoms with Crippen molar-refractivity contribution < 1.29 is 0 Å². The molecule has 2 nitrogen and oxygen atoms in total. The van der Waals surface area contributed by atoms with Crippen molar-refractivity contribution in [2.45, 2.75) is 52.5 Å². The van der Waals surface area contributed by atoms with E-state index in [0.717, 1.165) is 24.9 Å². The van der Waals surface area contributed by atoms with E-state index in [1.807, 2.05) is 17.5 Å². The molecule has 1 unspecified atom stereocenters. The van der Waals surface area contributed by atoms with Gasteiger partial charge < -0.3 is 5.32 Å². The Labute approximate surface area is 109 Å². The summed E-state index contributed by atoms with van der Waals surface area (Å²) in [6.07, 6.45) is 4.91. The Balaban J connectivity index is 1.77. The minimum Gasteiger partial charge on any atom is -0.312 e. The van der Waals surface area contributed by atoms with Crippen LogP contribution in [0.3, 0.4) is 0 Å². The number of rotatable bonds is 5. The van der Waals surface area contributed by atoms with Crippen LogP contribution in [0.25, 0.3) is 0 Å². The highest BCUT2D eigenvalue weighted by Gasteiger charge is 2.27. The molecule has 1 aromatic heterocycles. The lowest BCUT2D eigenvalue weighted by molar-refractivity contribution is 0.462. The van der Waals surface area contributed by atoms with Crippen LogP contribution in [-0.4, -0.2) is 11.5 Å². The number of nitrogens with zero attached hydrogens (tertiary/aromatic N) is 1. The van der Waals surface area contributed by atoms with Crippen LogP contribution in [0.15, 0.2) is 6.20 Å². The molecule has 0 aliphatic heterocycles. The van der Waals surface area contributed by atoms with Gasteiger partial charge in [0.05, 0.1) is 5.01 Å². The van der Waals surface area contributed by atoms with E-state index in [1.54, 1.807) is 0 Å². The second-order valence-electron chi connectivity index (χ2n) is 6.33. The van der Waals surface area contributed by atoms with Gasteiger partial charge in [-0.2, -0.15) is 0 Å². The molecule has 1 fully saturated rings. The molecule has 2 rings (SSSR count). The monoisotopic (exact) mass is 252 g/mol. The second-order valence-corrected chi connectivity index (χ2v) is 7.44. The van der Waals surface area contributed by atoms with Crippen molar-refractivity contribution >= 4 is 11.3 Å². The summed E-state index contributed by atoms with van der Waals surface area (Å²) in [4.78, 5) is 5.87. The fraction of sp³-hybridized carbons (Fsp3) is 0.786. The normalized spacial score (nSPS) is 18.4. The Morgan fingerprint density at radius 3 is 2.71 bits per heavy atom. The summed E-state index contributed by atoms with van der Waals surface area (Å²) in [5.41, 5.74) is 0.185. The Hall–Kier alpha value is -0.410. The lowest BCUT2D eigenvalue weighted by Crippen LogP contribution is -2.21. The Morgan fingerprint density at radius 2 is 2.18 bits per heavy atom. The number of thiazole rings is 1. The number of aromatic nitrogens is 1. The Kier molecular flexibility index (Phi) is 3.88. The molecular weight excluding hydrogens is 228 g/mol. The van der Waals surface area contributed by atoms with E-state index in [-0.39, 0.29) is 5.41 Å². The summed E-state index contributed by atoms with van der Waals surface area (Å²) in [6, 6.07) is 0. The minimum atomic E-state index is 0.185. The van der Waals surface area contributed by atoms with E-state index in [1.165, 1.54) is 22.7 Å². The molecule has 1 aliphatic carbocycles. The van der Waals surface area contributed by atoms with Crippen LogP contribution in [0.1, 0.15) is 50.4 Å². The van der Waals surface area contributed by atoms with Gasteiger partial charge in [0.25, 0.3) is 0 Å². The zero-order chi connectivity index (χ0) is 12.5. The van der Waals surface area contributed by atoms with Crippen LogP contribution >= 0.6 is 11.3 Å². The molecule has 0 bridgehead atoms. The average Bonchev–Trinajstić information content (AvgIpc) is 2.97. The van der Waals surface area contributed by atoms with Crippen molar-refractivity contribution in [1.29, 1.82) is 0 Å². The lowest BCUT2D eigenvalue weighted by atomic mass is 9.98. The van der Waals surface area contributed by atoms with Crippen LogP contribution in [0.5, 0.6) is 0 Å². The van der Waals surface area contributed by atoms with Crippen molar-refractivity contribution in [2.24, 2.45) is 11.8 Å². The van der Waals surface area contributed by atoms with Crippen molar-refractivity contribution in [3.63, 3.8) is 0 Å². The molecule has 0 spiro atoms. The highest BCUT2D eigenvalue weighted by molar-refractivity contribution is 7.11. The first kappa shape index (κ1) is 13.0. The smallest absolute Gasteiger partial charge is 0.0981 e. The molecule has 17 heavy (non-hydrogen) atoms. The van der Waals surface area contributed by atoms with Crippen molar-refractivity contribution in [1.82, 2.24) is 10.3 Å². The highest BCUT2D eigenvalue weighted by Crippen LogP contribution is 2.36. The van der Waals surface area contributed by atoms with Gasteiger partial charge in [-0.1, -0.05) is 27.7 Å². The summed E-state index contributed by atoms with van der Waals surface area (Å²) in [5.74, 6) is 1.83. The van der Waals surface area contributed by atoms with E-state index in [2.05, 4.69) is 38.0 Å². The van der Waals surface area contributed by atoms with Crippen molar-refractivity contribution in [3.05, 3.63) is 16.1 Å². The molecule has 1 N–H and O–H groups in total. The quantitative estimate of drug-likeness (QED) is 0.866. The van der Waals surface area contributed by atoms with Crippen LogP contribution < -0.4 is 5.32 Å². The van der Waals surface area contributed by atoms with Gasteiger partial charge >= 0.3 is 0 Å². The van der Waals surface area contributed by atoms with E-state index >= 15 is 0 Å². The molecule has 1 aromatic rings. The van der Waals surface area contributed by atoms with Crippen LogP contribution in [-0.2, 0) is 12.0 Å². The molecule has 1 atom stereocenters. The average molecular weight is 252 g/mol. The van der Waals surface area contributed by atoms with Crippen molar-refractivity contribution in [2.75, 3.05) is 6.54 Å². The predicted molar refractivity (Wildman–Crippen MR) is 74.4 cm³/mol. The molecule has 96 valence electrons. The van der Waals surface area contributed by atoms with Gasteiger partial charge in [-0.3, -0.25) is 0 Å². The van der Waals surface area contributed by atoms with Crippen LogP contribution in [0, 0.1) is 11.8 Å². The fourth-order valence-electron chi connectivity index (χ4n) is 1.99. The largest absolute Gasteiger partial charge is 0.312 e. The number of nitrogens with one attached hydrogen (secondary N) is 1. The predicted octanol–water partition coefficient (Wildman–Crippen LogP) is 3.58. The van der Waals surface area contributed by atoms with E-state index in [4.69, 9.17) is 0 Å². The summed E-state index contributed by atoms with van der Waals surface area (Å²) >= 11 is 1.84. The molecule has 0 aromatic carbocycles. The first-order chi connectivity index (χ1) is 7.97. The Bertz CT molecular complexity index is 361. The molecule has 1 aliphatic rings. The summed E-state index contributed by atoms with van der Waals surface area (Å²) in [6.45, 7) is 11.1. The molecule has 0 saturated heterocycles. The maximum absolute atomic E-state index is 4.51. The maximum Gasteiger partial charge on any atom is 0.0981 e. The van der Waals surface area contributed by atoms with Crippen LogP contribution in [0.4, 0.5) is 0 Å². The van der Waals surface area contributed by atoms with Gasteiger partial charge in [-0.25, -0.2) is 4.98 Å². The molecule has 0 radical (unpaired) electrons. The highest BCUT2D eigenvalue weighted by atomic mass is 32.1. The van der Waals surface area contributed by atoms with Gasteiger partial charge in [0.2, 0.25) is 0 Å². The molecule has 3 heteroatoms. The van der Waals surface area contributed by atoms with Gasteiger partial charge in [0.1, 0.15) is 0 Å². The van der Waals surface area contributed by atoms with E-state index in [0.29, 0.717) is 0 Å². The molecule has 1 heterocycles. The first-order valence-electron chi connectivity index (χ1n) is 6.62. The fourth-order valence-corrected chi connectivity index (χ4v) is 2.93. The molecule has 0 amide bonds. The Morgan fingerprint density at radius 1 is 1.47 bits per heavy atom. The summed E-state index contributed by atoms with van der Waals surface area (Å²) in [5, 5.41) is 4.80. The summed E-state index contributed by atoms with van der Waals surface area (Å²) < 4.78 is 0. The SMILES string of the molecule is CC(CNCc1cnc(C(C)(C)C)s1)C1CC1. The van der Waals surface area contributed by atoms with Gasteiger partial charge in [0.15, 0.2) is 0 Å². The maximum atomic E-state index is 4.51. The third-order valence-corrected chi connectivity index (χ3v) is 4.81. The van der Waals surface area contributed by atoms with Gasteiger partial charge in [0, 0.05) is 23.0 Å². The third kappa shape index (κ3) is 3.78. The molecular formula is C14H24N2S. The van der Waals surface area contributed by atoms with E-state index < -0.39 is 0 Å². The number of hydrogen-bond acceptors (Lipinski definition) is 3. The first-order valence-corrected chi connectivity index (χ1v) is 7.44. The molecule has 1 saturated carbocycles. The summed E-state index contributed by atoms with van der Waals surface area (Å²) in [7, 11) is 0.